The van der Waals surface area contributed by atoms with Gasteiger partial charge in [-0.3, -0.25) is 4.57 Å². The molecule has 2 aromatic rings. The lowest BCUT2D eigenvalue weighted by Gasteiger charge is -2.16. The fraction of sp³-hybridized carbons (Fsp3) is 0.583. The highest BCUT2D eigenvalue weighted by molar-refractivity contribution is 5.84. The number of anilines is 2. The summed E-state index contributed by atoms with van der Waals surface area (Å²) in [6, 6.07) is 0. The van der Waals surface area contributed by atoms with Gasteiger partial charge in [-0.2, -0.15) is 9.97 Å². The SMILES string of the molecule is CNc1nc(N)nc2c1ncn2C1OC(COC)C(O)C1O. The van der Waals surface area contributed by atoms with Gasteiger partial charge in [-0.25, -0.2) is 4.98 Å². The lowest BCUT2D eigenvalue weighted by Crippen LogP contribution is -2.33. The fourth-order valence-corrected chi connectivity index (χ4v) is 2.55. The number of nitrogens with two attached hydrogens (primary N) is 1. The number of hydrogen-bond donors (Lipinski definition) is 4. The number of hydrogen-bond acceptors (Lipinski definition) is 9. The summed E-state index contributed by atoms with van der Waals surface area (Å²) in [5.74, 6) is 0.544. The predicted molar refractivity (Wildman–Crippen MR) is 77.1 cm³/mol. The monoisotopic (exact) mass is 310 g/mol. The van der Waals surface area contributed by atoms with Crippen LogP contribution in [0.1, 0.15) is 6.23 Å². The zero-order valence-electron chi connectivity index (χ0n) is 12.2. The largest absolute Gasteiger partial charge is 0.387 e. The lowest BCUT2D eigenvalue weighted by molar-refractivity contribution is -0.0580. The third-order valence-electron chi connectivity index (χ3n) is 3.62. The van der Waals surface area contributed by atoms with E-state index in [1.165, 1.54) is 18.0 Å². The molecule has 0 aliphatic carbocycles. The van der Waals surface area contributed by atoms with Crippen molar-refractivity contribution in [2.24, 2.45) is 0 Å². The average molecular weight is 310 g/mol. The van der Waals surface area contributed by atoms with Crippen LogP contribution in [0.3, 0.4) is 0 Å². The van der Waals surface area contributed by atoms with E-state index in [9.17, 15) is 10.2 Å². The summed E-state index contributed by atoms with van der Waals surface area (Å²) >= 11 is 0. The van der Waals surface area contributed by atoms with Gasteiger partial charge in [0.05, 0.1) is 12.9 Å². The molecule has 0 bridgehead atoms. The number of nitrogens with zero attached hydrogens (tertiary/aromatic N) is 4. The molecule has 0 saturated carbocycles. The van der Waals surface area contributed by atoms with Crippen LogP contribution < -0.4 is 11.1 Å². The minimum atomic E-state index is -1.13. The molecule has 0 amide bonds. The van der Waals surface area contributed by atoms with Crippen LogP contribution in [0, 0.1) is 0 Å². The molecule has 3 rings (SSSR count). The molecular weight excluding hydrogens is 292 g/mol. The zero-order chi connectivity index (χ0) is 15.9. The second-order valence-corrected chi connectivity index (χ2v) is 5.01. The number of methoxy groups -OCH3 is 1. The number of rotatable bonds is 4. The van der Waals surface area contributed by atoms with Gasteiger partial charge >= 0.3 is 0 Å². The molecule has 10 nitrogen and oxygen atoms in total. The van der Waals surface area contributed by atoms with Crippen LogP contribution >= 0.6 is 0 Å². The maximum absolute atomic E-state index is 10.2. The first-order chi connectivity index (χ1) is 10.6. The lowest BCUT2D eigenvalue weighted by atomic mass is 10.1. The molecular formula is C12H18N6O4. The molecule has 1 aliphatic heterocycles. The first kappa shape index (κ1) is 14.9. The van der Waals surface area contributed by atoms with Crippen LogP contribution in [0.2, 0.25) is 0 Å². The molecule has 3 heterocycles. The Bertz CT molecular complexity index is 677. The number of ether oxygens (including phenoxy) is 2. The third kappa shape index (κ3) is 2.25. The Morgan fingerprint density at radius 2 is 2.18 bits per heavy atom. The van der Waals surface area contributed by atoms with E-state index in [-0.39, 0.29) is 12.6 Å². The summed E-state index contributed by atoms with van der Waals surface area (Å²) in [5, 5.41) is 23.1. The maximum Gasteiger partial charge on any atom is 0.224 e. The van der Waals surface area contributed by atoms with Crippen LogP contribution in [0.15, 0.2) is 6.33 Å². The van der Waals surface area contributed by atoms with Crippen LogP contribution in [-0.4, -0.2) is 68.8 Å². The van der Waals surface area contributed by atoms with Crippen molar-refractivity contribution in [2.75, 3.05) is 31.8 Å². The van der Waals surface area contributed by atoms with Crippen molar-refractivity contribution in [3.63, 3.8) is 0 Å². The van der Waals surface area contributed by atoms with Crippen molar-refractivity contribution in [3.8, 4) is 0 Å². The summed E-state index contributed by atoms with van der Waals surface area (Å²) in [6.07, 6.45) is -2.20. The normalized spacial score (nSPS) is 28.4. The van der Waals surface area contributed by atoms with Gasteiger partial charge in [-0.1, -0.05) is 0 Å². The number of nitrogen functional groups attached to an aromatic ring is 1. The smallest absolute Gasteiger partial charge is 0.224 e. The van der Waals surface area contributed by atoms with Gasteiger partial charge in [0.1, 0.15) is 18.3 Å². The minimum absolute atomic E-state index is 0.0695. The van der Waals surface area contributed by atoms with Gasteiger partial charge in [-0.15, -0.1) is 0 Å². The fourth-order valence-electron chi connectivity index (χ4n) is 2.55. The highest BCUT2D eigenvalue weighted by Gasteiger charge is 2.44. The van der Waals surface area contributed by atoms with Crippen LogP contribution in [0.25, 0.3) is 11.2 Å². The van der Waals surface area contributed by atoms with Crippen molar-refractivity contribution in [1.82, 2.24) is 19.5 Å². The van der Waals surface area contributed by atoms with Crippen molar-refractivity contribution < 1.29 is 19.7 Å². The quantitative estimate of drug-likeness (QED) is 0.543. The highest BCUT2D eigenvalue weighted by Crippen LogP contribution is 2.32. The first-order valence-corrected chi connectivity index (χ1v) is 6.75. The average Bonchev–Trinajstić information content (AvgIpc) is 3.03. The van der Waals surface area contributed by atoms with Crippen LogP contribution in [0.5, 0.6) is 0 Å². The maximum atomic E-state index is 10.2. The van der Waals surface area contributed by atoms with Crippen LogP contribution in [-0.2, 0) is 9.47 Å². The molecule has 0 radical (unpaired) electrons. The first-order valence-electron chi connectivity index (χ1n) is 6.75. The minimum Gasteiger partial charge on any atom is -0.387 e. The molecule has 22 heavy (non-hydrogen) atoms. The summed E-state index contributed by atoms with van der Waals surface area (Å²) in [4.78, 5) is 12.4. The van der Waals surface area contributed by atoms with E-state index in [4.69, 9.17) is 15.2 Å². The Hall–Kier alpha value is -2.01. The zero-order valence-corrected chi connectivity index (χ0v) is 12.2. The Balaban J connectivity index is 2.02. The van der Waals surface area contributed by atoms with Gasteiger partial charge in [0.15, 0.2) is 23.2 Å². The molecule has 4 unspecified atom stereocenters. The Morgan fingerprint density at radius 1 is 1.41 bits per heavy atom. The number of aromatic nitrogens is 4. The number of imidazole rings is 1. The van der Waals surface area contributed by atoms with E-state index in [2.05, 4.69) is 20.3 Å². The Kier molecular flexibility index (Phi) is 3.83. The van der Waals surface area contributed by atoms with Gasteiger partial charge in [-0.05, 0) is 0 Å². The van der Waals surface area contributed by atoms with E-state index >= 15 is 0 Å². The van der Waals surface area contributed by atoms with Crippen LogP contribution in [0.4, 0.5) is 11.8 Å². The molecule has 120 valence electrons. The van der Waals surface area contributed by atoms with Gasteiger partial charge in [0, 0.05) is 14.2 Å². The number of nitrogens with one attached hydrogen (secondary N) is 1. The van der Waals surface area contributed by atoms with E-state index in [0.29, 0.717) is 17.0 Å². The molecule has 4 atom stereocenters. The summed E-state index contributed by atoms with van der Waals surface area (Å²) in [5.41, 5.74) is 6.59. The Labute approximate surface area is 125 Å². The summed E-state index contributed by atoms with van der Waals surface area (Å²) in [7, 11) is 3.19. The van der Waals surface area contributed by atoms with E-state index in [0.717, 1.165) is 0 Å². The van der Waals surface area contributed by atoms with Crippen molar-refractivity contribution in [1.29, 1.82) is 0 Å². The van der Waals surface area contributed by atoms with Crippen molar-refractivity contribution in [3.05, 3.63) is 6.33 Å². The molecule has 5 N–H and O–H groups in total. The van der Waals surface area contributed by atoms with Gasteiger partial charge in [0.25, 0.3) is 0 Å². The van der Waals surface area contributed by atoms with Crippen molar-refractivity contribution >= 4 is 22.9 Å². The predicted octanol–water partition coefficient (Wildman–Crippen LogP) is -1.28. The van der Waals surface area contributed by atoms with E-state index < -0.39 is 24.5 Å². The molecule has 1 saturated heterocycles. The van der Waals surface area contributed by atoms with Crippen molar-refractivity contribution in [2.45, 2.75) is 24.5 Å². The topological polar surface area (TPSA) is 141 Å². The molecule has 10 heteroatoms. The third-order valence-corrected chi connectivity index (χ3v) is 3.62. The molecule has 2 aromatic heterocycles. The van der Waals surface area contributed by atoms with Gasteiger partial charge < -0.3 is 30.7 Å². The van der Waals surface area contributed by atoms with E-state index in [1.54, 1.807) is 7.05 Å². The van der Waals surface area contributed by atoms with Gasteiger partial charge in [0.2, 0.25) is 5.95 Å². The highest BCUT2D eigenvalue weighted by atomic mass is 16.6. The molecule has 1 aliphatic rings. The molecule has 0 aromatic carbocycles. The number of aliphatic hydroxyl groups excluding tert-OH is 2. The number of fused-ring (bicyclic) bond motifs is 1. The standard InChI is InChI=1S/C12H18N6O4/c1-14-9-6-10(17-12(13)16-9)18(4-15-6)11-8(20)7(19)5(22-11)3-21-2/h4-5,7-8,11,19-20H,3H2,1-2H3,(H3,13,14,16,17). The summed E-state index contributed by atoms with van der Waals surface area (Å²) < 4.78 is 12.2. The second kappa shape index (κ2) is 5.65. The van der Waals surface area contributed by atoms with E-state index in [1.807, 2.05) is 0 Å². The molecule has 1 fully saturated rings. The number of aliphatic hydroxyl groups is 2. The second-order valence-electron chi connectivity index (χ2n) is 5.01. The summed E-state index contributed by atoms with van der Waals surface area (Å²) in [6.45, 7) is 0.167. The Morgan fingerprint density at radius 3 is 2.86 bits per heavy atom. The molecule has 0 spiro atoms.